The normalized spacial score (nSPS) is 10.9. The number of nitrogen functional groups attached to an aromatic ring is 1. The molecule has 0 saturated carbocycles. The van der Waals surface area contributed by atoms with Gasteiger partial charge in [-0.2, -0.15) is 0 Å². The number of methoxy groups -OCH3 is 2. The molecule has 5 rings (SSSR count). The minimum absolute atomic E-state index is 0.378. The lowest BCUT2D eigenvalue weighted by Crippen LogP contribution is -2.02. The van der Waals surface area contributed by atoms with Gasteiger partial charge < -0.3 is 15.2 Å². The number of rotatable bonds is 5. The van der Waals surface area contributed by atoms with Crippen LogP contribution in [0.2, 0.25) is 0 Å². The predicted molar refractivity (Wildman–Crippen MR) is 139 cm³/mol. The minimum Gasteiger partial charge on any atom is -0.497 e. The van der Waals surface area contributed by atoms with Gasteiger partial charge in [0.15, 0.2) is 5.65 Å². The third-order valence-electron chi connectivity index (χ3n) is 5.67. The Labute approximate surface area is 205 Å². The van der Waals surface area contributed by atoms with E-state index in [9.17, 15) is 0 Å². The zero-order valence-corrected chi connectivity index (χ0v) is 20.2. The van der Waals surface area contributed by atoms with Crippen LogP contribution in [0.4, 0.5) is 5.82 Å². The van der Waals surface area contributed by atoms with Crippen molar-refractivity contribution in [2.45, 2.75) is 0 Å². The van der Waals surface area contributed by atoms with Gasteiger partial charge >= 0.3 is 0 Å². The van der Waals surface area contributed by atoms with E-state index in [2.05, 4.69) is 38.0 Å². The van der Waals surface area contributed by atoms with E-state index in [-0.39, 0.29) is 0 Å². The van der Waals surface area contributed by atoms with Gasteiger partial charge in [0, 0.05) is 21.2 Å². The standard InChI is InChI=1S/C27H21BrN4O2/c1-33-20-10-6-16(7-11-20)23-22(18-4-3-5-19(28)14-18)24-26(29)30-15-31-27(24)32-25(23)17-8-12-21(34-2)13-9-17/h3-15H,1-2H3,(H2,29,30,31,32). The molecule has 2 N–H and O–H groups in total. The zero-order valence-electron chi connectivity index (χ0n) is 18.6. The summed E-state index contributed by atoms with van der Waals surface area (Å²) in [6.07, 6.45) is 1.44. The van der Waals surface area contributed by atoms with Crippen LogP contribution in [0.15, 0.2) is 83.6 Å². The second-order valence-electron chi connectivity index (χ2n) is 7.64. The fraction of sp³-hybridized carbons (Fsp3) is 0.0741. The van der Waals surface area contributed by atoms with Gasteiger partial charge in [0.1, 0.15) is 23.6 Å². The van der Waals surface area contributed by atoms with Crippen molar-refractivity contribution in [3.05, 3.63) is 83.6 Å². The highest BCUT2D eigenvalue weighted by molar-refractivity contribution is 9.10. The van der Waals surface area contributed by atoms with Crippen LogP contribution in [-0.2, 0) is 0 Å². The molecule has 0 atom stereocenters. The Kier molecular flexibility index (Phi) is 5.86. The molecule has 0 bridgehead atoms. The van der Waals surface area contributed by atoms with Crippen molar-refractivity contribution >= 4 is 32.8 Å². The summed E-state index contributed by atoms with van der Waals surface area (Å²) in [7, 11) is 3.30. The van der Waals surface area contributed by atoms with Crippen molar-refractivity contribution in [1.29, 1.82) is 0 Å². The summed E-state index contributed by atoms with van der Waals surface area (Å²) < 4.78 is 11.7. The molecule has 34 heavy (non-hydrogen) atoms. The molecule has 5 aromatic rings. The number of pyridine rings is 1. The topological polar surface area (TPSA) is 83.2 Å². The number of fused-ring (bicyclic) bond motifs is 1. The molecule has 0 radical (unpaired) electrons. The van der Waals surface area contributed by atoms with Gasteiger partial charge in [0.2, 0.25) is 0 Å². The van der Waals surface area contributed by atoms with E-state index < -0.39 is 0 Å². The molecule has 0 aliphatic carbocycles. The number of halogens is 1. The number of benzene rings is 3. The first-order valence-corrected chi connectivity index (χ1v) is 11.4. The highest BCUT2D eigenvalue weighted by Crippen LogP contribution is 2.44. The van der Waals surface area contributed by atoms with Crippen LogP contribution in [0.25, 0.3) is 44.5 Å². The summed E-state index contributed by atoms with van der Waals surface area (Å²) in [5, 5.41) is 0.712. The van der Waals surface area contributed by atoms with Crippen LogP contribution in [0.3, 0.4) is 0 Å². The molecule has 0 saturated heterocycles. The summed E-state index contributed by atoms with van der Waals surface area (Å²) in [6.45, 7) is 0. The minimum atomic E-state index is 0.378. The first-order valence-electron chi connectivity index (χ1n) is 10.6. The van der Waals surface area contributed by atoms with Gasteiger partial charge in [-0.3, -0.25) is 0 Å². The fourth-order valence-electron chi connectivity index (χ4n) is 4.05. The molecule has 2 aromatic heterocycles. The lowest BCUT2D eigenvalue weighted by molar-refractivity contribution is 0.414. The van der Waals surface area contributed by atoms with E-state index in [0.29, 0.717) is 16.9 Å². The maximum absolute atomic E-state index is 6.41. The first-order chi connectivity index (χ1) is 16.6. The smallest absolute Gasteiger partial charge is 0.165 e. The van der Waals surface area contributed by atoms with E-state index in [1.165, 1.54) is 6.33 Å². The van der Waals surface area contributed by atoms with E-state index in [1.807, 2.05) is 60.7 Å². The van der Waals surface area contributed by atoms with Crippen molar-refractivity contribution in [3.8, 4) is 45.0 Å². The molecular weight excluding hydrogens is 492 g/mol. The maximum Gasteiger partial charge on any atom is 0.165 e. The molecule has 0 aliphatic rings. The molecule has 7 heteroatoms. The fourth-order valence-corrected chi connectivity index (χ4v) is 4.45. The Hall–Kier alpha value is -3.97. The molecule has 0 unspecified atom stereocenters. The zero-order chi connectivity index (χ0) is 23.7. The third kappa shape index (κ3) is 3.95. The molecule has 3 aromatic carbocycles. The monoisotopic (exact) mass is 512 g/mol. The molecule has 168 valence electrons. The van der Waals surface area contributed by atoms with E-state index in [0.717, 1.165) is 49.5 Å². The van der Waals surface area contributed by atoms with E-state index >= 15 is 0 Å². The van der Waals surface area contributed by atoms with Crippen LogP contribution < -0.4 is 15.2 Å². The molecule has 0 amide bonds. The van der Waals surface area contributed by atoms with Crippen LogP contribution in [0.1, 0.15) is 0 Å². The number of ether oxygens (including phenoxy) is 2. The summed E-state index contributed by atoms with van der Waals surface area (Å²) in [4.78, 5) is 13.7. The summed E-state index contributed by atoms with van der Waals surface area (Å²) in [6, 6.07) is 23.9. The lowest BCUT2D eigenvalue weighted by atomic mass is 9.89. The Bertz CT molecular complexity index is 1490. The van der Waals surface area contributed by atoms with Crippen molar-refractivity contribution in [2.75, 3.05) is 20.0 Å². The van der Waals surface area contributed by atoms with Crippen molar-refractivity contribution in [1.82, 2.24) is 15.0 Å². The van der Waals surface area contributed by atoms with E-state index in [4.69, 9.17) is 20.2 Å². The van der Waals surface area contributed by atoms with Gasteiger partial charge in [-0.05, 0) is 59.7 Å². The number of hydrogen-bond donors (Lipinski definition) is 1. The molecule has 0 fully saturated rings. The Morgan fingerprint density at radius 3 is 2.00 bits per heavy atom. The first kappa shape index (κ1) is 21.9. The van der Waals surface area contributed by atoms with Crippen LogP contribution in [0, 0.1) is 0 Å². The largest absolute Gasteiger partial charge is 0.497 e. The van der Waals surface area contributed by atoms with Crippen LogP contribution in [-0.4, -0.2) is 29.2 Å². The average Bonchev–Trinajstić information content (AvgIpc) is 2.88. The molecule has 6 nitrogen and oxygen atoms in total. The molecule has 0 spiro atoms. The summed E-state index contributed by atoms with van der Waals surface area (Å²) >= 11 is 3.61. The van der Waals surface area contributed by atoms with Gasteiger partial charge in [0.05, 0.1) is 25.3 Å². The Balaban J connectivity index is 1.93. The number of aromatic nitrogens is 3. The predicted octanol–water partition coefficient (Wildman–Crippen LogP) is 6.39. The number of hydrogen-bond acceptors (Lipinski definition) is 6. The highest BCUT2D eigenvalue weighted by Gasteiger charge is 2.22. The van der Waals surface area contributed by atoms with Gasteiger partial charge in [-0.1, -0.05) is 40.2 Å². The molecule has 0 aliphatic heterocycles. The maximum atomic E-state index is 6.41. The van der Waals surface area contributed by atoms with Crippen LogP contribution >= 0.6 is 15.9 Å². The average molecular weight is 513 g/mol. The Morgan fingerprint density at radius 2 is 1.38 bits per heavy atom. The van der Waals surface area contributed by atoms with Crippen LogP contribution in [0.5, 0.6) is 11.5 Å². The van der Waals surface area contributed by atoms with Crippen molar-refractivity contribution < 1.29 is 9.47 Å². The summed E-state index contributed by atoms with van der Waals surface area (Å²) in [5.41, 5.74) is 12.5. The van der Waals surface area contributed by atoms with E-state index in [1.54, 1.807) is 14.2 Å². The number of nitrogens with two attached hydrogens (primary N) is 1. The lowest BCUT2D eigenvalue weighted by Gasteiger charge is -2.19. The number of anilines is 1. The van der Waals surface area contributed by atoms with Gasteiger partial charge in [-0.25, -0.2) is 15.0 Å². The third-order valence-corrected chi connectivity index (χ3v) is 6.16. The van der Waals surface area contributed by atoms with Gasteiger partial charge in [-0.15, -0.1) is 0 Å². The quantitative estimate of drug-likeness (QED) is 0.293. The number of nitrogens with zero attached hydrogens (tertiary/aromatic N) is 3. The van der Waals surface area contributed by atoms with Gasteiger partial charge in [0.25, 0.3) is 0 Å². The second-order valence-corrected chi connectivity index (χ2v) is 8.55. The summed E-state index contributed by atoms with van der Waals surface area (Å²) in [5.74, 6) is 1.92. The molecule has 2 heterocycles. The highest BCUT2D eigenvalue weighted by atomic mass is 79.9. The second kappa shape index (κ2) is 9.11. The Morgan fingerprint density at radius 1 is 0.735 bits per heavy atom. The molecular formula is C27H21BrN4O2. The van der Waals surface area contributed by atoms with Crippen molar-refractivity contribution in [3.63, 3.8) is 0 Å². The SMILES string of the molecule is COc1ccc(-c2nc3ncnc(N)c3c(-c3cccc(Br)c3)c2-c2ccc(OC)cc2)cc1. The van der Waals surface area contributed by atoms with Crippen molar-refractivity contribution in [2.24, 2.45) is 0 Å².